The number of halogens is 3. The van der Waals surface area contributed by atoms with Gasteiger partial charge in [-0.15, -0.1) is 0 Å². The van der Waals surface area contributed by atoms with Gasteiger partial charge in [0.2, 0.25) is 5.95 Å². The van der Waals surface area contributed by atoms with Crippen molar-refractivity contribution in [3.05, 3.63) is 42.3 Å². The van der Waals surface area contributed by atoms with Gasteiger partial charge >= 0.3 is 6.18 Å². The molecule has 4 rings (SSSR count). The number of rotatable bonds is 8. The molecule has 0 bridgehead atoms. The molecular weight excluding hydrogens is 481 g/mol. The van der Waals surface area contributed by atoms with Crippen molar-refractivity contribution in [1.82, 2.24) is 24.8 Å². The number of aromatic nitrogens is 3. The predicted molar refractivity (Wildman–Crippen MR) is 125 cm³/mol. The lowest BCUT2D eigenvalue weighted by Crippen LogP contribution is -2.44. The number of hydrogen-bond donors (Lipinski definition) is 2. The second-order valence-corrected chi connectivity index (χ2v) is 8.31. The molecule has 14 heteroatoms. The zero-order valence-electron chi connectivity index (χ0n) is 19.9. The van der Waals surface area contributed by atoms with Crippen LogP contribution < -0.4 is 15.5 Å². The number of piperazine rings is 1. The number of aryl methyl sites for hydroxylation is 1. The second kappa shape index (κ2) is 10.8. The fraction of sp³-hybridized carbons (Fsp3) is 0.455. The van der Waals surface area contributed by atoms with E-state index in [1.165, 1.54) is 29.7 Å². The summed E-state index contributed by atoms with van der Waals surface area (Å²) in [5, 5.41) is 5.57. The third-order valence-corrected chi connectivity index (χ3v) is 5.64. The van der Waals surface area contributed by atoms with Crippen molar-refractivity contribution < 1.29 is 27.1 Å². The number of oxazole rings is 1. The molecule has 2 aromatic heterocycles. The highest BCUT2D eigenvalue weighted by atomic mass is 19.4. The average molecular weight is 509 g/mol. The summed E-state index contributed by atoms with van der Waals surface area (Å²) in [6, 6.07) is 0.436. The van der Waals surface area contributed by atoms with Crippen LogP contribution in [0.15, 0.2) is 35.4 Å². The molecule has 1 amide bonds. The summed E-state index contributed by atoms with van der Waals surface area (Å²) in [4.78, 5) is 29.8. The molecule has 4 heterocycles. The molecule has 0 radical (unpaired) electrons. The molecule has 0 aromatic carbocycles. The Labute approximate surface area is 205 Å². The van der Waals surface area contributed by atoms with Gasteiger partial charge < -0.3 is 34.5 Å². The summed E-state index contributed by atoms with van der Waals surface area (Å²) >= 11 is 0. The quantitative estimate of drug-likeness (QED) is 0.516. The summed E-state index contributed by atoms with van der Waals surface area (Å²) in [5.74, 6) is 0.0832. The molecule has 0 atom stereocenters. The fourth-order valence-corrected chi connectivity index (χ4v) is 3.58. The van der Waals surface area contributed by atoms with E-state index in [-0.39, 0.29) is 30.8 Å². The number of carbonyl (C=O) groups is 1. The van der Waals surface area contributed by atoms with Crippen molar-refractivity contribution in [3.8, 4) is 0 Å². The van der Waals surface area contributed by atoms with Gasteiger partial charge in [-0.3, -0.25) is 4.79 Å². The number of anilines is 4. The Morgan fingerprint density at radius 1 is 1.11 bits per heavy atom. The molecule has 0 spiro atoms. The first-order valence-corrected chi connectivity index (χ1v) is 11.4. The Balaban J connectivity index is 1.43. The van der Waals surface area contributed by atoms with Crippen molar-refractivity contribution in [2.24, 2.45) is 0 Å². The first-order valence-electron chi connectivity index (χ1n) is 11.4. The summed E-state index contributed by atoms with van der Waals surface area (Å²) in [7, 11) is 2.04. The highest BCUT2D eigenvalue weighted by Crippen LogP contribution is 2.34. The Morgan fingerprint density at radius 3 is 2.64 bits per heavy atom. The molecule has 11 nitrogen and oxygen atoms in total. The Hall–Kier alpha value is -3.81. The normalized spacial score (nSPS) is 16.8. The van der Waals surface area contributed by atoms with Crippen molar-refractivity contribution in [3.63, 3.8) is 0 Å². The molecule has 2 aliphatic heterocycles. The molecule has 0 saturated carbocycles. The van der Waals surface area contributed by atoms with E-state index in [2.05, 4.69) is 30.5 Å². The molecule has 0 aliphatic carbocycles. The summed E-state index contributed by atoms with van der Waals surface area (Å²) in [6.07, 6.45) is 1.77. The molecule has 2 aromatic rings. The number of hydrogen-bond acceptors (Lipinski definition) is 10. The van der Waals surface area contributed by atoms with E-state index in [0.29, 0.717) is 24.0 Å². The van der Waals surface area contributed by atoms with Gasteiger partial charge in [0.1, 0.15) is 23.4 Å². The maximum Gasteiger partial charge on any atom is 0.421 e. The van der Waals surface area contributed by atoms with Crippen molar-refractivity contribution in [2.75, 3.05) is 61.8 Å². The van der Waals surface area contributed by atoms with E-state index in [1.807, 2.05) is 11.9 Å². The fourth-order valence-electron chi connectivity index (χ4n) is 3.58. The lowest BCUT2D eigenvalue weighted by molar-refractivity contribution is -0.137. The van der Waals surface area contributed by atoms with Crippen LogP contribution in [0, 0.1) is 6.92 Å². The van der Waals surface area contributed by atoms with Crippen LogP contribution in [-0.2, 0) is 15.7 Å². The zero-order chi connectivity index (χ0) is 25.7. The predicted octanol–water partition coefficient (Wildman–Crippen LogP) is 2.93. The van der Waals surface area contributed by atoms with Gasteiger partial charge in [0, 0.05) is 57.7 Å². The topological polar surface area (TPSA) is 112 Å². The van der Waals surface area contributed by atoms with Crippen LogP contribution in [0.1, 0.15) is 17.7 Å². The standard InChI is InChI=1S/C22H27F3N8O3/c1-15-18(30-21(36-15)33-9-7-31(2)8-10-33)28-20-27-14-16(22(23,24)25)19(29-20)26-5-3-6-32-11-13-35-12-4-17(32)34/h4,11-14H,3,5-10H2,1-2H3,(H2,26,27,28,29). The van der Waals surface area contributed by atoms with Crippen LogP contribution in [0.2, 0.25) is 0 Å². The van der Waals surface area contributed by atoms with Crippen LogP contribution in [0.5, 0.6) is 0 Å². The third-order valence-electron chi connectivity index (χ3n) is 5.64. The van der Waals surface area contributed by atoms with E-state index in [4.69, 9.17) is 9.15 Å². The number of amides is 1. The number of nitrogens with zero attached hydrogens (tertiary/aromatic N) is 6. The van der Waals surface area contributed by atoms with Crippen LogP contribution in [0.4, 0.5) is 36.8 Å². The first kappa shape index (κ1) is 25.3. The Bertz CT molecular complexity index is 1130. The molecule has 1 fully saturated rings. The SMILES string of the molecule is Cc1oc(N2CCN(C)CC2)nc1Nc1ncc(C(F)(F)F)c(NCCCN2C=COC=CC2=O)n1. The van der Waals surface area contributed by atoms with E-state index in [1.54, 1.807) is 6.92 Å². The highest BCUT2D eigenvalue weighted by molar-refractivity contribution is 5.88. The van der Waals surface area contributed by atoms with Crippen molar-refractivity contribution in [2.45, 2.75) is 19.5 Å². The van der Waals surface area contributed by atoms with Gasteiger partial charge in [-0.05, 0) is 20.4 Å². The van der Waals surface area contributed by atoms with Gasteiger partial charge in [0.15, 0.2) is 5.82 Å². The van der Waals surface area contributed by atoms with Crippen LogP contribution in [0.3, 0.4) is 0 Å². The second-order valence-electron chi connectivity index (χ2n) is 8.31. The lowest BCUT2D eigenvalue weighted by atomic mass is 10.3. The van der Waals surface area contributed by atoms with Gasteiger partial charge in [0.05, 0.1) is 6.26 Å². The minimum absolute atomic E-state index is 0.0558. The van der Waals surface area contributed by atoms with Crippen LogP contribution in [0.25, 0.3) is 0 Å². The number of nitrogens with one attached hydrogen (secondary N) is 2. The van der Waals surface area contributed by atoms with Gasteiger partial charge in [-0.25, -0.2) is 4.98 Å². The van der Waals surface area contributed by atoms with Gasteiger partial charge in [0.25, 0.3) is 11.9 Å². The van der Waals surface area contributed by atoms with Gasteiger partial charge in [-0.1, -0.05) is 0 Å². The highest BCUT2D eigenvalue weighted by Gasteiger charge is 2.35. The van der Waals surface area contributed by atoms with E-state index in [9.17, 15) is 18.0 Å². The number of alkyl halides is 3. The Morgan fingerprint density at radius 2 is 1.89 bits per heavy atom. The molecule has 1 saturated heterocycles. The minimum atomic E-state index is -4.65. The lowest BCUT2D eigenvalue weighted by Gasteiger charge is -2.31. The smallest absolute Gasteiger partial charge is 0.421 e. The molecule has 36 heavy (non-hydrogen) atoms. The summed E-state index contributed by atoms with van der Waals surface area (Å²) < 4.78 is 51.3. The average Bonchev–Trinajstić information content (AvgIpc) is 3.06. The molecule has 2 aliphatic rings. The van der Waals surface area contributed by atoms with Crippen LogP contribution in [-0.4, -0.2) is 77.0 Å². The van der Waals surface area contributed by atoms with Crippen molar-refractivity contribution in [1.29, 1.82) is 0 Å². The summed E-state index contributed by atoms with van der Waals surface area (Å²) in [6.45, 7) is 5.36. The molecular formula is C22H27F3N8O3. The van der Waals surface area contributed by atoms with Crippen LogP contribution >= 0.6 is 0 Å². The summed E-state index contributed by atoms with van der Waals surface area (Å²) in [5.41, 5.74) is -0.995. The largest absolute Gasteiger partial charge is 0.471 e. The zero-order valence-corrected chi connectivity index (χ0v) is 19.9. The van der Waals surface area contributed by atoms with Gasteiger partial charge in [-0.2, -0.15) is 23.1 Å². The first-order chi connectivity index (χ1) is 17.2. The van der Waals surface area contributed by atoms with E-state index >= 15 is 0 Å². The maximum absolute atomic E-state index is 13.5. The van der Waals surface area contributed by atoms with E-state index < -0.39 is 11.7 Å². The number of likely N-dealkylation sites (N-methyl/N-ethyl adjacent to an activating group) is 1. The Kier molecular flexibility index (Phi) is 7.62. The molecule has 194 valence electrons. The van der Waals surface area contributed by atoms with E-state index in [0.717, 1.165) is 32.4 Å². The van der Waals surface area contributed by atoms with Crippen molar-refractivity contribution >= 4 is 29.5 Å². The molecule has 2 N–H and O–H groups in total. The minimum Gasteiger partial charge on any atom is -0.471 e. The number of carbonyl (C=O) groups excluding carboxylic acids is 1. The number of ether oxygens (including phenoxy) is 1. The maximum atomic E-state index is 13.5. The third kappa shape index (κ3) is 6.24. The molecule has 0 unspecified atom stereocenters. The monoisotopic (exact) mass is 508 g/mol.